The molecule has 0 amide bonds. The summed E-state index contributed by atoms with van der Waals surface area (Å²) in [4.78, 5) is 4.36. The molecule has 16 heavy (non-hydrogen) atoms. The molecule has 2 rings (SSSR count). The topological polar surface area (TPSA) is 57.4 Å². The number of ether oxygens (including phenoxy) is 2. The number of pyridine rings is 1. The van der Waals surface area contributed by atoms with Crippen molar-refractivity contribution in [2.24, 2.45) is 11.7 Å². The van der Waals surface area contributed by atoms with E-state index in [-0.39, 0.29) is 0 Å². The van der Waals surface area contributed by atoms with Crippen LogP contribution in [0.25, 0.3) is 0 Å². The van der Waals surface area contributed by atoms with Gasteiger partial charge in [0, 0.05) is 30.8 Å². The zero-order valence-corrected chi connectivity index (χ0v) is 9.61. The summed E-state index contributed by atoms with van der Waals surface area (Å²) in [6.45, 7) is 4.82. The molecule has 1 atom stereocenters. The fourth-order valence-corrected chi connectivity index (χ4v) is 1.78. The predicted octanol–water partition coefficient (Wildman–Crippen LogP) is 1.26. The van der Waals surface area contributed by atoms with Crippen molar-refractivity contribution in [2.45, 2.75) is 19.9 Å². The monoisotopic (exact) mass is 222 g/mol. The minimum atomic E-state index is 0.510. The van der Waals surface area contributed by atoms with Crippen molar-refractivity contribution in [3.63, 3.8) is 0 Å². The molecule has 1 aliphatic rings. The quantitative estimate of drug-likeness (QED) is 0.833. The molecule has 4 nitrogen and oxygen atoms in total. The van der Waals surface area contributed by atoms with E-state index in [0.29, 0.717) is 24.9 Å². The third-order valence-corrected chi connectivity index (χ3v) is 2.88. The van der Waals surface area contributed by atoms with E-state index in [9.17, 15) is 0 Å². The Morgan fingerprint density at radius 2 is 2.44 bits per heavy atom. The van der Waals surface area contributed by atoms with Crippen LogP contribution in [0, 0.1) is 12.8 Å². The zero-order valence-electron chi connectivity index (χ0n) is 9.61. The van der Waals surface area contributed by atoms with Crippen molar-refractivity contribution in [3.8, 4) is 5.88 Å². The zero-order chi connectivity index (χ0) is 11.4. The summed E-state index contributed by atoms with van der Waals surface area (Å²) in [6, 6.07) is 3.85. The minimum absolute atomic E-state index is 0.510. The fraction of sp³-hybridized carbons (Fsp3) is 0.583. The van der Waals surface area contributed by atoms with Crippen LogP contribution in [0.3, 0.4) is 0 Å². The number of aromatic nitrogens is 1. The third kappa shape index (κ3) is 2.71. The molecule has 2 N–H and O–H groups in total. The molecule has 0 saturated carbocycles. The molecule has 0 radical (unpaired) electrons. The van der Waals surface area contributed by atoms with Gasteiger partial charge in [-0.15, -0.1) is 0 Å². The highest BCUT2D eigenvalue weighted by Crippen LogP contribution is 2.16. The first-order valence-electron chi connectivity index (χ1n) is 5.66. The van der Waals surface area contributed by atoms with E-state index in [1.165, 1.54) is 0 Å². The van der Waals surface area contributed by atoms with Gasteiger partial charge in [-0.2, -0.15) is 0 Å². The lowest BCUT2D eigenvalue weighted by molar-refractivity contribution is 0.165. The molecule has 0 bridgehead atoms. The Labute approximate surface area is 95.8 Å². The second-order valence-electron chi connectivity index (χ2n) is 4.14. The number of rotatable bonds is 4. The maximum atomic E-state index is 5.64. The molecule has 0 aromatic carbocycles. The van der Waals surface area contributed by atoms with Crippen molar-refractivity contribution >= 4 is 0 Å². The summed E-state index contributed by atoms with van der Waals surface area (Å²) < 4.78 is 10.9. The van der Waals surface area contributed by atoms with Crippen LogP contribution in [-0.2, 0) is 11.3 Å². The predicted molar refractivity (Wildman–Crippen MR) is 61.3 cm³/mol. The van der Waals surface area contributed by atoms with Crippen molar-refractivity contribution < 1.29 is 9.47 Å². The van der Waals surface area contributed by atoms with Crippen LogP contribution in [0.5, 0.6) is 5.88 Å². The van der Waals surface area contributed by atoms with E-state index in [1.807, 2.05) is 19.1 Å². The van der Waals surface area contributed by atoms with Gasteiger partial charge in [0.05, 0.1) is 13.2 Å². The van der Waals surface area contributed by atoms with Crippen molar-refractivity contribution in [3.05, 3.63) is 23.4 Å². The highest BCUT2D eigenvalue weighted by molar-refractivity contribution is 5.24. The van der Waals surface area contributed by atoms with Gasteiger partial charge in [0.2, 0.25) is 5.88 Å². The van der Waals surface area contributed by atoms with E-state index in [0.717, 1.165) is 30.9 Å². The van der Waals surface area contributed by atoms with Gasteiger partial charge in [-0.3, -0.25) is 0 Å². The van der Waals surface area contributed by atoms with E-state index < -0.39 is 0 Å². The molecule has 1 unspecified atom stereocenters. The first-order valence-corrected chi connectivity index (χ1v) is 5.66. The lowest BCUT2D eigenvalue weighted by Crippen LogP contribution is -2.12. The third-order valence-electron chi connectivity index (χ3n) is 2.88. The smallest absolute Gasteiger partial charge is 0.213 e. The SMILES string of the molecule is Cc1nc(OCC2CCOC2)ccc1CN. The molecule has 0 aliphatic carbocycles. The normalized spacial score (nSPS) is 20.0. The molecular formula is C12H18N2O2. The molecule has 1 fully saturated rings. The number of hydrogen-bond acceptors (Lipinski definition) is 4. The lowest BCUT2D eigenvalue weighted by Gasteiger charge is -2.10. The van der Waals surface area contributed by atoms with Gasteiger partial charge in [0.1, 0.15) is 0 Å². The Kier molecular flexibility index (Phi) is 3.74. The summed E-state index contributed by atoms with van der Waals surface area (Å²) in [6.07, 6.45) is 1.08. The van der Waals surface area contributed by atoms with Crippen LogP contribution in [-0.4, -0.2) is 24.8 Å². The van der Waals surface area contributed by atoms with Crippen LogP contribution in [0.4, 0.5) is 0 Å². The summed E-state index contributed by atoms with van der Waals surface area (Å²) in [5, 5.41) is 0. The molecule has 1 aromatic heterocycles. The minimum Gasteiger partial charge on any atom is -0.477 e. The molecule has 2 heterocycles. The van der Waals surface area contributed by atoms with Gasteiger partial charge in [0.15, 0.2) is 0 Å². The number of nitrogens with two attached hydrogens (primary N) is 1. The van der Waals surface area contributed by atoms with Crippen LogP contribution in [0.1, 0.15) is 17.7 Å². The number of nitrogens with zero attached hydrogens (tertiary/aromatic N) is 1. The Hall–Kier alpha value is -1.13. The highest BCUT2D eigenvalue weighted by atomic mass is 16.5. The first kappa shape index (κ1) is 11.4. The van der Waals surface area contributed by atoms with Gasteiger partial charge in [-0.05, 0) is 18.9 Å². The molecule has 0 spiro atoms. The van der Waals surface area contributed by atoms with Gasteiger partial charge >= 0.3 is 0 Å². The molecule has 1 saturated heterocycles. The summed E-state index contributed by atoms with van der Waals surface area (Å²) in [5.74, 6) is 1.19. The largest absolute Gasteiger partial charge is 0.477 e. The highest BCUT2D eigenvalue weighted by Gasteiger charge is 2.16. The van der Waals surface area contributed by atoms with Gasteiger partial charge in [-0.1, -0.05) is 6.07 Å². The second kappa shape index (κ2) is 5.27. The first-order chi connectivity index (χ1) is 7.79. The van der Waals surface area contributed by atoms with E-state index >= 15 is 0 Å². The Balaban J connectivity index is 1.91. The molecule has 4 heteroatoms. The average molecular weight is 222 g/mol. The van der Waals surface area contributed by atoms with Gasteiger partial charge in [0.25, 0.3) is 0 Å². The Morgan fingerprint density at radius 1 is 1.56 bits per heavy atom. The maximum Gasteiger partial charge on any atom is 0.213 e. The maximum absolute atomic E-state index is 5.64. The van der Waals surface area contributed by atoms with Crippen LogP contribution < -0.4 is 10.5 Å². The molecule has 88 valence electrons. The van der Waals surface area contributed by atoms with Gasteiger partial charge < -0.3 is 15.2 Å². The van der Waals surface area contributed by atoms with Crippen molar-refractivity contribution in [2.75, 3.05) is 19.8 Å². The summed E-state index contributed by atoms with van der Waals surface area (Å²) in [7, 11) is 0. The second-order valence-corrected chi connectivity index (χ2v) is 4.14. The molecule has 1 aromatic rings. The Bertz CT molecular complexity index is 349. The molecular weight excluding hydrogens is 204 g/mol. The van der Waals surface area contributed by atoms with Gasteiger partial charge in [-0.25, -0.2) is 4.98 Å². The fourth-order valence-electron chi connectivity index (χ4n) is 1.78. The van der Waals surface area contributed by atoms with E-state index in [4.69, 9.17) is 15.2 Å². The van der Waals surface area contributed by atoms with E-state index in [2.05, 4.69) is 4.98 Å². The van der Waals surface area contributed by atoms with Crippen molar-refractivity contribution in [1.82, 2.24) is 4.98 Å². The average Bonchev–Trinajstić information content (AvgIpc) is 2.79. The summed E-state index contributed by atoms with van der Waals surface area (Å²) in [5.41, 5.74) is 7.59. The lowest BCUT2D eigenvalue weighted by atomic mass is 10.1. The van der Waals surface area contributed by atoms with Crippen molar-refractivity contribution in [1.29, 1.82) is 0 Å². The Morgan fingerprint density at radius 3 is 3.06 bits per heavy atom. The van der Waals surface area contributed by atoms with Crippen LogP contribution in [0.15, 0.2) is 12.1 Å². The summed E-state index contributed by atoms with van der Waals surface area (Å²) >= 11 is 0. The number of aryl methyl sites for hydroxylation is 1. The van der Waals surface area contributed by atoms with Crippen LogP contribution in [0.2, 0.25) is 0 Å². The van der Waals surface area contributed by atoms with E-state index in [1.54, 1.807) is 0 Å². The standard InChI is InChI=1S/C12H18N2O2/c1-9-11(6-13)2-3-12(14-9)16-8-10-4-5-15-7-10/h2-3,10H,4-8,13H2,1H3. The molecule has 1 aliphatic heterocycles. The number of hydrogen-bond donors (Lipinski definition) is 1. The van der Waals surface area contributed by atoms with Crippen LogP contribution >= 0.6 is 0 Å².